The minimum Gasteiger partial charge on any atom is -0.358 e. The SMILES string of the molecule is Cc1ccc2c(C(CN)C3CCCCC3)c(C)[nH]c2c1. The quantitative estimate of drug-likeness (QED) is 0.852. The molecule has 1 unspecified atom stereocenters. The minimum atomic E-state index is 0.520. The highest BCUT2D eigenvalue weighted by Gasteiger charge is 2.27. The lowest BCUT2D eigenvalue weighted by atomic mass is 9.76. The average Bonchev–Trinajstić information content (AvgIpc) is 2.77. The molecule has 0 amide bonds. The van der Waals surface area contributed by atoms with Crippen LogP contribution >= 0.6 is 0 Å². The van der Waals surface area contributed by atoms with Crippen LogP contribution in [0.15, 0.2) is 18.2 Å². The average molecular weight is 270 g/mol. The Bertz CT molecular complexity index is 591. The maximum absolute atomic E-state index is 6.17. The molecule has 2 aromatic rings. The van der Waals surface area contributed by atoms with Crippen molar-refractivity contribution in [1.29, 1.82) is 0 Å². The third-order valence-corrected chi connectivity index (χ3v) is 5.04. The van der Waals surface area contributed by atoms with E-state index in [4.69, 9.17) is 5.73 Å². The number of benzene rings is 1. The van der Waals surface area contributed by atoms with E-state index in [9.17, 15) is 0 Å². The van der Waals surface area contributed by atoms with Crippen molar-refractivity contribution < 1.29 is 0 Å². The van der Waals surface area contributed by atoms with E-state index in [1.54, 1.807) is 0 Å². The summed E-state index contributed by atoms with van der Waals surface area (Å²) in [5, 5.41) is 1.38. The van der Waals surface area contributed by atoms with Crippen LogP contribution in [0.2, 0.25) is 0 Å². The molecule has 2 nitrogen and oxygen atoms in total. The second-order valence-electron chi connectivity index (χ2n) is 6.45. The van der Waals surface area contributed by atoms with Crippen LogP contribution in [0.3, 0.4) is 0 Å². The van der Waals surface area contributed by atoms with Crippen LogP contribution in [-0.2, 0) is 0 Å². The van der Waals surface area contributed by atoms with Gasteiger partial charge in [-0.1, -0.05) is 31.4 Å². The summed E-state index contributed by atoms with van der Waals surface area (Å²) >= 11 is 0. The molecule has 0 spiro atoms. The molecular weight excluding hydrogens is 244 g/mol. The highest BCUT2D eigenvalue weighted by molar-refractivity contribution is 5.85. The van der Waals surface area contributed by atoms with E-state index in [2.05, 4.69) is 37.0 Å². The van der Waals surface area contributed by atoms with Gasteiger partial charge in [0.25, 0.3) is 0 Å². The van der Waals surface area contributed by atoms with Crippen LogP contribution in [-0.4, -0.2) is 11.5 Å². The van der Waals surface area contributed by atoms with Crippen LogP contribution in [0.25, 0.3) is 10.9 Å². The second-order valence-corrected chi connectivity index (χ2v) is 6.45. The van der Waals surface area contributed by atoms with E-state index in [0.717, 1.165) is 12.5 Å². The number of aromatic nitrogens is 1. The fourth-order valence-corrected chi connectivity index (χ4v) is 4.03. The molecule has 1 aromatic carbocycles. The summed E-state index contributed by atoms with van der Waals surface area (Å²) in [7, 11) is 0. The van der Waals surface area contributed by atoms with Gasteiger partial charge in [0, 0.05) is 22.5 Å². The first-order chi connectivity index (χ1) is 9.70. The molecule has 0 radical (unpaired) electrons. The van der Waals surface area contributed by atoms with E-state index in [0.29, 0.717) is 5.92 Å². The van der Waals surface area contributed by atoms with Gasteiger partial charge in [-0.05, 0) is 56.3 Å². The Morgan fingerprint density at radius 3 is 2.65 bits per heavy atom. The zero-order valence-corrected chi connectivity index (χ0v) is 12.7. The number of rotatable bonds is 3. The molecule has 1 atom stereocenters. The molecule has 1 heterocycles. The third kappa shape index (κ3) is 2.37. The Labute approximate surface area is 121 Å². The fraction of sp³-hybridized carbons (Fsp3) is 0.556. The maximum atomic E-state index is 6.17. The summed E-state index contributed by atoms with van der Waals surface area (Å²) in [6.45, 7) is 5.12. The molecule has 1 fully saturated rings. The molecule has 1 aromatic heterocycles. The van der Waals surface area contributed by atoms with Crippen molar-refractivity contribution >= 4 is 10.9 Å². The van der Waals surface area contributed by atoms with Crippen molar-refractivity contribution in [3.05, 3.63) is 35.0 Å². The first kappa shape index (κ1) is 13.7. The van der Waals surface area contributed by atoms with Gasteiger partial charge in [0.05, 0.1) is 0 Å². The number of nitrogens with two attached hydrogens (primary N) is 1. The molecule has 0 aliphatic heterocycles. The first-order valence-corrected chi connectivity index (χ1v) is 7.99. The van der Waals surface area contributed by atoms with Crippen molar-refractivity contribution in [2.75, 3.05) is 6.54 Å². The molecule has 3 N–H and O–H groups in total. The molecule has 0 saturated heterocycles. The Balaban J connectivity index is 2.04. The Kier molecular flexibility index (Phi) is 3.84. The van der Waals surface area contributed by atoms with Crippen molar-refractivity contribution in [3.8, 4) is 0 Å². The minimum absolute atomic E-state index is 0.520. The largest absolute Gasteiger partial charge is 0.358 e. The molecule has 20 heavy (non-hydrogen) atoms. The monoisotopic (exact) mass is 270 g/mol. The Morgan fingerprint density at radius 1 is 1.20 bits per heavy atom. The van der Waals surface area contributed by atoms with Crippen LogP contribution in [0.4, 0.5) is 0 Å². The number of aromatic amines is 1. The highest BCUT2D eigenvalue weighted by atomic mass is 14.7. The van der Waals surface area contributed by atoms with Crippen molar-refractivity contribution in [2.24, 2.45) is 11.7 Å². The van der Waals surface area contributed by atoms with Gasteiger partial charge in [-0.25, -0.2) is 0 Å². The van der Waals surface area contributed by atoms with Crippen molar-refractivity contribution in [2.45, 2.75) is 51.9 Å². The van der Waals surface area contributed by atoms with E-state index in [1.807, 2.05) is 0 Å². The summed E-state index contributed by atoms with van der Waals surface area (Å²) in [4.78, 5) is 3.57. The van der Waals surface area contributed by atoms with E-state index < -0.39 is 0 Å². The summed E-state index contributed by atoms with van der Waals surface area (Å²) in [5.41, 5.74) is 11.5. The lowest BCUT2D eigenvalue weighted by Gasteiger charge is -2.30. The summed E-state index contributed by atoms with van der Waals surface area (Å²) in [6.07, 6.45) is 6.85. The number of aryl methyl sites for hydroxylation is 2. The smallest absolute Gasteiger partial charge is 0.0461 e. The molecular formula is C18H26N2. The maximum Gasteiger partial charge on any atom is 0.0461 e. The van der Waals surface area contributed by atoms with Gasteiger partial charge in [0.2, 0.25) is 0 Å². The zero-order chi connectivity index (χ0) is 14.1. The molecule has 1 saturated carbocycles. The molecule has 108 valence electrons. The van der Waals surface area contributed by atoms with Crippen molar-refractivity contribution in [1.82, 2.24) is 4.98 Å². The molecule has 1 aliphatic carbocycles. The van der Waals surface area contributed by atoms with Gasteiger partial charge in [-0.2, -0.15) is 0 Å². The predicted molar refractivity (Wildman–Crippen MR) is 86.1 cm³/mol. The van der Waals surface area contributed by atoms with E-state index in [-0.39, 0.29) is 0 Å². The predicted octanol–water partition coefficient (Wildman–Crippen LogP) is 4.41. The summed E-state index contributed by atoms with van der Waals surface area (Å²) < 4.78 is 0. The van der Waals surface area contributed by atoms with Gasteiger partial charge < -0.3 is 10.7 Å². The van der Waals surface area contributed by atoms with Gasteiger partial charge in [0.15, 0.2) is 0 Å². The summed E-state index contributed by atoms with van der Waals surface area (Å²) in [6, 6.07) is 6.74. The van der Waals surface area contributed by atoms with E-state index >= 15 is 0 Å². The topological polar surface area (TPSA) is 41.8 Å². The lowest BCUT2D eigenvalue weighted by Crippen LogP contribution is -2.24. The summed E-state index contributed by atoms with van der Waals surface area (Å²) in [5.74, 6) is 1.29. The van der Waals surface area contributed by atoms with Gasteiger partial charge in [0.1, 0.15) is 0 Å². The fourth-order valence-electron chi connectivity index (χ4n) is 4.03. The van der Waals surface area contributed by atoms with Crippen LogP contribution in [0.1, 0.15) is 54.8 Å². The van der Waals surface area contributed by atoms with Gasteiger partial charge in [-0.15, -0.1) is 0 Å². The zero-order valence-electron chi connectivity index (χ0n) is 12.7. The first-order valence-electron chi connectivity index (χ1n) is 7.99. The van der Waals surface area contributed by atoms with Crippen LogP contribution in [0.5, 0.6) is 0 Å². The number of nitrogens with one attached hydrogen (secondary N) is 1. The Morgan fingerprint density at radius 2 is 1.95 bits per heavy atom. The van der Waals surface area contributed by atoms with Crippen LogP contribution < -0.4 is 5.73 Å². The third-order valence-electron chi connectivity index (χ3n) is 5.04. The van der Waals surface area contributed by atoms with Gasteiger partial charge >= 0.3 is 0 Å². The standard InChI is InChI=1S/C18H26N2/c1-12-8-9-15-17(10-12)20-13(2)18(15)16(11-19)14-6-4-3-5-7-14/h8-10,14,16,20H,3-7,11,19H2,1-2H3. The lowest BCUT2D eigenvalue weighted by molar-refractivity contribution is 0.308. The molecule has 2 heteroatoms. The number of H-pyrrole nitrogens is 1. The number of hydrogen-bond acceptors (Lipinski definition) is 1. The molecule has 0 bridgehead atoms. The highest BCUT2D eigenvalue weighted by Crippen LogP contribution is 2.39. The Hall–Kier alpha value is -1.28. The second kappa shape index (κ2) is 5.61. The number of hydrogen-bond donors (Lipinski definition) is 2. The van der Waals surface area contributed by atoms with E-state index in [1.165, 1.54) is 59.8 Å². The van der Waals surface area contributed by atoms with Crippen LogP contribution in [0, 0.1) is 19.8 Å². The molecule has 1 aliphatic rings. The van der Waals surface area contributed by atoms with Gasteiger partial charge in [-0.3, -0.25) is 0 Å². The van der Waals surface area contributed by atoms with Crippen molar-refractivity contribution in [3.63, 3.8) is 0 Å². The molecule has 3 rings (SSSR count). The normalized spacial score (nSPS) is 18.6. The number of fused-ring (bicyclic) bond motifs is 1.